The maximum Gasteiger partial charge on any atom is 0.293 e. The van der Waals surface area contributed by atoms with E-state index in [9.17, 15) is 19.7 Å². The number of piperazine rings is 1. The van der Waals surface area contributed by atoms with E-state index in [-0.39, 0.29) is 29.0 Å². The number of anilines is 2. The standard InChI is InChI=1S/C28H28ClN5O4/c29-22-4-1-2-5-24(22)30-10-12-31(13-11-30)28(36)20-8-9-25(26(15-20)34(37)38)32-16-19-14-21(18-32)23-6-3-7-27(35)33(23)17-19/h1-9,15,19,21H,10-14,16-18H2. The lowest BCUT2D eigenvalue weighted by atomic mass is 9.83. The number of carbonyl (C=O) groups excluding carboxylic acids is 1. The average Bonchev–Trinajstić information content (AvgIpc) is 2.93. The second-order valence-corrected chi connectivity index (χ2v) is 10.7. The lowest BCUT2D eigenvalue weighted by Gasteiger charge is -2.43. The first-order valence-electron chi connectivity index (χ1n) is 12.9. The molecule has 3 aliphatic heterocycles. The van der Waals surface area contributed by atoms with Gasteiger partial charge < -0.3 is 19.3 Å². The third-order valence-corrected chi connectivity index (χ3v) is 8.32. The summed E-state index contributed by atoms with van der Waals surface area (Å²) in [6.45, 7) is 4.13. The van der Waals surface area contributed by atoms with Gasteiger partial charge in [0.05, 0.1) is 15.6 Å². The molecule has 196 valence electrons. The Hall–Kier alpha value is -3.85. The van der Waals surface area contributed by atoms with E-state index < -0.39 is 4.92 Å². The number of carbonyl (C=O) groups is 1. The predicted molar refractivity (Wildman–Crippen MR) is 146 cm³/mol. The fourth-order valence-corrected chi connectivity index (χ4v) is 6.46. The van der Waals surface area contributed by atoms with Gasteiger partial charge in [-0.15, -0.1) is 0 Å². The summed E-state index contributed by atoms with van der Waals surface area (Å²) in [6, 6.07) is 17.8. The van der Waals surface area contributed by atoms with Crippen molar-refractivity contribution in [3.63, 3.8) is 0 Å². The fourth-order valence-electron chi connectivity index (χ4n) is 6.20. The molecule has 9 nitrogen and oxygen atoms in total. The van der Waals surface area contributed by atoms with Crippen LogP contribution in [0.4, 0.5) is 17.1 Å². The highest BCUT2D eigenvalue weighted by Gasteiger charge is 2.37. The Kier molecular flexibility index (Phi) is 6.31. The molecule has 6 rings (SSSR count). The number of hydrogen-bond donors (Lipinski definition) is 0. The van der Waals surface area contributed by atoms with Gasteiger partial charge in [0.15, 0.2) is 0 Å². The molecule has 3 aromatic rings. The van der Waals surface area contributed by atoms with Gasteiger partial charge in [-0.3, -0.25) is 19.7 Å². The summed E-state index contributed by atoms with van der Waals surface area (Å²) >= 11 is 6.34. The third kappa shape index (κ3) is 4.41. The molecule has 0 N–H and O–H groups in total. The van der Waals surface area contributed by atoms with E-state index in [1.807, 2.05) is 34.9 Å². The van der Waals surface area contributed by atoms with Gasteiger partial charge in [0.2, 0.25) is 0 Å². The molecule has 4 heterocycles. The zero-order valence-electron chi connectivity index (χ0n) is 20.8. The molecule has 38 heavy (non-hydrogen) atoms. The number of para-hydroxylation sites is 1. The Bertz CT molecular complexity index is 1470. The Labute approximate surface area is 225 Å². The van der Waals surface area contributed by atoms with Gasteiger partial charge in [-0.1, -0.05) is 29.8 Å². The highest BCUT2D eigenvalue weighted by atomic mass is 35.5. The van der Waals surface area contributed by atoms with E-state index in [4.69, 9.17) is 11.6 Å². The molecular formula is C28H28ClN5O4. The minimum absolute atomic E-state index is 0.00666. The zero-order valence-corrected chi connectivity index (χ0v) is 21.6. The number of amides is 1. The number of rotatable bonds is 4. The molecule has 3 aliphatic rings. The van der Waals surface area contributed by atoms with Gasteiger partial charge in [-0.05, 0) is 42.7 Å². The van der Waals surface area contributed by atoms with Gasteiger partial charge in [0.1, 0.15) is 5.69 Å². The fraction of sp³-hybridized carbons (Fsp3) is 0.357. The van der Waals surface area contributed by atoms with Crippen LogP contribution >= 0.6 is 11.6 Å². The SMILES string of the molecule is O=C(c1ccc(N2CC3CC(C2)c2cccc(=O)n2C3)c([N+](=O)[O-])c1)N1CCN(c2ccccc2Cl)CC1. The molecule has 2 fully saturated rings. The van der Waals surface area contributed by atoms with E-state index in [1.165, 1.54) is 6.07 Å². The quantitative estimate of drug-likeness (QED) is 0.372. The lowest BCUT2D eigenvalue weighted by molar-refractivity contribution is -0.384. The number of nitrogens with zero attached hydrogens (tertiary/aromatic N) is 5. The number of nitro benzene ring substituents is 1. The van der Waals surface area contributed by atoms with Gasteiger partial charge in [0.25, 0.3) is 17.2 Å². The highest BCUT2D eigenvalue weighted by molar-refractivity contribution is 6.33. The summed E-state index contributed by atoms with van der Waals surface area (Å²) in [5.74, 6) is 0.158. The molecule has 0 spiro atoms. The molecule has 0 radical (unpaired) electrons. The Balaban J connectivity index is 1.20. The van der Waals surface area contributed by atoms with Crippen LogP contribution in [0.1, 0.15) is 28.4 Å². The number of benzene rings is 2. The molecule has 2 aromatic carbocycles. The molecule has 2 saturated heterocycles. The van der Waals surface area contributed by atoms with Crippen LogP contribution in [0.5, 0.6) is 0 Å². The number of fused-ring (bicyclic) bond motifs is 4. The normalized spacial score (nSPS) is 20.7. The van der Waals surface area contributed by atoms with Crippen molar-refractivity contribution in [2.24, 2.45) is 5.92 Å². The second kappa shape index (κ2) is 9.79. The van der Waals surface area contributed by atoms with Crippen molar-refractivity contribution in [3.05, 3.63) is 97.4 Å². The van der Waals surface area contributed by atoms with E-state index in [1.54, 1.807) is 29.2 Å². The summed E-state index contributed by atoms with van der Waals surface area (Å²) in [6.07, 6.45) is 0.963. The van der Waals surface area contributed by atoms with Crippen molar-refractivity contribution in [2.75, 3.05) is 49.1 Å². The zero-order chi connectivity index (χ0) is 26.4. The molecule has 1 aromatic heterocycles. The van der Waals surface area contributed by atoms with Gasteiger partial charge in [0, 0.05) is 75.1 Å². The first-order valence-corrected chi connectivity index (χ1v) is 13.3. The Morgan fingerprint density at radius 1 is 0.895 bits per heavy atom. The first kappa shape index (κ1) is 24.5. The summed E-state index contributed by atoms with van der Waals surface area (Å²) in [5.41, 5.74) is 2.73. The van der Waals surface area contributed by atoms with E-state index >= 15 is 0 Å². The van der Waals surface area contributed by atoms with Crippen LogP contribution in [0.2, 0.25) is 5.02 Å². The third-order valence-electron chi connectivity index (χ3n) is 8.00. The van der Waals surface area contributed by atoms with Gasteiger partial charge in [-0.25, -0.2) is 0 Å². The monoisotopic (exact) mass is 533 g/mol. The molecule has 1 amide bonds. The topological polar surface area (TPSA) is 91.9 Å². The minimum Gasteiger partial charge on any atom is -0.367 e. The van der Waals surface area contributed by atoms with Crippen LogP contribution in [0.3, 0.4) is 0 Å². The van der Waals surface area contributed by atoms with E-state index in [0.29, 0.717) is 62.1 Å². The van der Waals surface area contributed by atoms with Crippen LogP contribution in [-0.2, 0) is 6.54 Å². The van der Waals surface area contributed by atoms with E-state index in [2.05, 4.69) is 9.80 Å². The Morgan fingerprint density at radius 3 is 2.45 bits per heavy atom. The average molecular weight is 534 g/mol. The number of piperidine rings is 1. The Morgan fingerprint density at radius 2 is 1.68 bits per heavy atom. The van der Waals surface area contributed by atoms with Gasteiger partial charge in [-0.2, -0.15) is 0 Å². The van der Waals surface area contributed by atoms with Crippen molar-refractivity contribution in [2.45, 2.75) is 18.9 Å². The second-order valence-electron chi connectivity index (χ2n) is 10.3. The molecule has 0 saturated carbocycles. The smallest absolute Gasteiger partial charge is 0.293 e. The first-order chi connectivity index (χ1) is 18.4. The van der Waals surface area contributed by atoms with Crippen molar-refractivity contribution < 1.29 is 9.72 Å². The summed E-state index contributed by atoms with van der Waals surface area (Å²) < 4.78 is 1.85. The van der Waals surface area contributed by atoms with Crippen LogP contribution in [0.15, 0.2) is 65.5 Å². The molecule has 2 atom stereocenters. The van der Waals surface area contributed by atoms with Gasteiger partial charge >= 0.3 is 0 Å². The minimum atomic E-state index is -0.399. The number of aromatic nitrogens is 1. The van der Waals surface area contributed by atoms with Crippen molar-refractivity contribution in [3.8, 4) is 0 Å². The molecule has 2 unspecified atom stereocenters. The predicted octanol–water partition coefficient (Wildman–Crippen LogP) is 4.00. The molecule has 2 bridgehead atoms. The largest absolute Gasteiger partial charge is 0.367 e. The number of nitro groups is 1. The number of hydrogen-bond acceptors (Lipinski definition) is 6. The molecule has 10 heteroatoms. The number of pyridine rings is 1. The molecular weight excluding hydrogens is 506 g/mol. The molecule has 0 aliphatic carbocycles. The van der Waals surface area contributed by atoms with Crippen LogP contribution < -0.4 is 15.4 Å². The van der Waals surface area contributed by atoms with Crippen molar-refractivity contribution in [1.29, 1.82) is 0 Å². The van der Waals surface area contributed by atoms with Crippen LogP contribution in [0.25, 0.3) is 0 Å². The maximum atomic E-state index is 13.3. The van der Waals surface area contributed by atoms with Crippen LogP contribution in [0, 0.1) is 16.0 Å². The van der Waals surface area contributed by atoms with E-state index in [0.717, 1.165) is 17.8 Å². The summed E-state index contributed by atoms with van der Waals surface area (Å²) in [4.78, 5) is 43.3. The maximum absolute atomic E-state index is 13.3. The lowest BCUT2D eigenvalue weighted by Crippen LogP contribution is -2.49. The van der Waals surface area contributed by atoms with Crippen molar-refractivity contribution >= 4 is 34.6 Å². The summed E-state index contributed by atoms with van der Waals surface area (Å²) in [7, 11) is 0. The number of halogens is 1. The highest BCUT2D eigenvalue weighted by Crippen LogP contribution is 2.40. The van der Waals surface area contributed by atoms with Crippen molar-refractivity contribution in [1.82, 2.24) is 9.47 Å². The summed E-state index contributed by atoms with van der Waals surface area (Å²) in [5, 5.41) is 12.8. The van der Waals surface area contributed by atoms with Crippen LogP contribution in [-0.4, -0.2) is 59.6 Å².